The Labute approximate surface area is 122 Å². The second-order valence-corrected chi connectivity index (χ2v) is 4.64. The predicted molar refractivity (Wildman–Crippen MR) is 85.5 cm³/mol. The number of carbonyl (C=O) groups excluding carboxylic acids is 1. The Balaban J connectivity index is 1.80. The van der Waals surface area contributed by atoms with E-state index in [1.54, 1.807) is 12.3 Å². The van der Waals surface area contributed by atoms with Gasteiger partial charge in [-0.1, -0.05) is 66.7 Å². The molecule has 0 heterocycles. The molecule has 0 aromatic heterocycles. The van der Waals surface area contributed by atoms with E-state index < -0.39 is 0 Å². The Morgan fingerprint density at radius 1 is 0.857 bits per heavy atom. The molecule has 3 nitrogen and oxygen atoms in total. The number of rotatable bonds is 3. The van der Waals surface area contributed by atoms with Gasteiger partial charge in [-0.15, -0.1) is 0 Å². The number of hydrogen-bond donors (Lipinski definition) is 1. The van der Waals surface area contributed by atoms with Crippen LogP contribution in [-0.4, -0.2) is 12.1 Å². The van der Waals surface area contributed by atoms with E-state index in [1.807, 2.05) is 66.7 Å². The summed E-state index contributed by atoms with van der Waals surface area (Å²) in [5.74, 6) is -0.209. The van der Waals surface area contributed by atoms with Crippen molar-refractivity contribution in [3.63, 3.8) is 0 Å². The lowest BCUT2D eigenvalue weighted by Crippen LogP contribution is -2.17. The molecule has 3 rings (SSSR count). The second kappa shape index (κ2) is 6.01. The van der Waals surface area contributed by atoms with Crippen LogP contribution in [0.3, 0.4) is 0 Å². The molecule has 0 saturated heterocycles. The molecule has 102 valence electrons. The van der Waals surface area contributed by atoms with E-state index in [-0.39, 0.29) is 5.91 Å². The van der Waals surface area contributed by atoms with Gasteiger partial charge in [0.1, 0.15) is 0 Å². The zero-order valence-electron chi connectivity index (χ0n) is 11.4. The van der Waals surface area contributed by atoms with Crippen molar-refractivity contribution in [1.82, 2.24) is 5.43 Å². The van der Waals surface area contributed by atoms with Gasteiger partial charge in [0.15, 0.2) is 0 Å². The molecule has 0 fully saturated rings. The second-order valence-electron chi connectivity index (χ2n) is 4.64. The van der Waals surface area contributed by atoms with Gasteiger partial charge in [-0.3, -0.25) is 4.79 Å². The lowest BCUT2D eigenvalue weighted by Gasteiger charge is -2.04. The van der Waals surface area contributed by atoms with Gasteiger partial charge in [0.05, 0.1) is 6.21 Å². The Bertz CT molecular complexity index is 789. The highest BCUT2D eigenvalue weighted by molar-refractivity contribution is 6.07. The van der Waals surface area contributed by atoms with Crippen LogP contribution in [0.1, 0.15) is 15.9 Å². The monoisotopic (exact) mass is 274 g/mol. The van der Waals surface area contributed by atoms with Gasteiger partial charge in [-0.05, 0) is 22.4 Å². The molecule has 0 saturated carbocycles. The molecule has 0 radical (unpaired) electrons. The van der Waals surface area contributed by atoms with E-state index in [9.17, 15) is 4.79 Å². The minimum absolute atomic E-state index is 0.209. The van der Waals surface area contributed by atoms with E-state index in [4.69, 9.17) is 0 Å². The van der Waals surface area contributed by atoms with E-state index in [0.29, 0.717) is 5.56 Å². The average Bonchev–Trinajstić information content (AvgIpc) is 2.55. The van der Waals surface area contributed by atoms with Crippen LogP contribution in [0.4, 0.5) is 0 Å². The molecule has 0 aliphatic heterocycles. The van der Waals surface area contributed by atoms with Gasteiger partial charge in [0.25, 0.3) is 5.91 Å². The number of hydrazone groups is 1. The molecule has 3 aromatic carbocycles. The van der Waals surface area contributed by atoms with Crippen molar-refractivity contribution < 1.29 is 4.79 Å². The van der Waals surface area contributed by atoms with Crippen LogP contribution in [0.15, 0.2) is 77.9 Å². The van der Waals surface area contributed by atoms with E-state index >= 15 is 0 Å². The third-order valence-corrected chi connectivity index (χ3v) is 3.21. The van der Waals surface area contributed by atoms with E-state index in [2.05, 4.69) is 10.5 Å². The molecule has 0 atom stereocenters. The first-order valence-electron chi connectivity index (χ1n) is 6.71. The first-order valence-corrected chi connectivity index (χ1v) is 6.71. The van der Waals surface area contributed by atoms with Crippen LogP contribution in [0.2, 0.25) is 0 Å². The summed E-state index contributed by atoms with van der Waals surface area (Å²) in [6, 6.07) is 23.1. The average molecular weight is 274 g/mol. The number of nitrogens with one attached hydrogen (secondary N) is 1. The van der Waals surface area contributed by atoms with Crippen molar-refractivity contribution in [1.29, 1.82) is 0 Å². The summed E-state index contributed by atoms with van der Waals surface area (Å²) < 4.78 is 0. The van der Waals surface area contributed by atoms with Crippen LogP contribution in [0.5, 0.6) is 0 Å². The summed E-state index contributed by atoms with van der Waals surface area (Å²) in [7, 11) is 0. The molecule has 3 aromatic rings. The lowest BCUT2D eigenvalue weighted by molar-refractivity contribution is 0.0957. The number of hydrogen-bond acceptors (Lipinski definition) is 2. The normalized spacial score (nSPS) is 10.9. The molecule has 0 bridgehead atoms. The number of benzene rings is 3. The van der Waals surface area contributed by atoms with Gasteiger partial charge >= 0.3 is 0 Å². The SMILES string of the molecule is O=C(N/N=C/c1ccccc1)c1cccc2ccccc12. The minimum atomic E-state index is -0.209. The van der Waals surface area contributed by atoms with Crippen molar-refractivity contribution in [2.24, 2.45) is 5.10 Å². The van der Waals surface area contributed by atoms with Gasteiger partial charge in [-0.2, -0.15) is 5.10 Å². The molecule has 0 unspecified atom stereocenters. The van der Waals surface area contributed by atoms with Gasteiger partial charge < -0.3 is 0 Å². The van der Waals surface area contributed by atoms with Crippen LogP contribution in [0, 0.1) is 0 Å². The van der Waals surface area contributed by atoms with Crippen molar-refractivity contribution in [3.05, 3.63) is 83.9 Å². The summed E-state index contributed by atoms with van der Waals surface area (Å²) in [6.45, 7) is 0. The third-order valence-electron chi connectivity index (χ3n) is 3.21. The van der Waals surface area contributed by atoms with Crippen molar-refractivity contribution in [2.45, 2.75) is 0 Å². The van der Waals surface area contributed by atoms with Crippen LogP contribution in [-0.2, 0) is 0 Å². The van der Waals surface area contributed by atoms with Crippen LogP contribution in [0.25, 0.3) is 10.8 Å². The largest absolute Gasteiger partial charge is 0.271 e. The fourth-order valence-corrected chi connectivity index (χ4v) is 2.19. The molecule has 1 N–H and O–H groups in total. The molecule has 1 amide bonds. The zero-order valence-corrected chi connectivity index (χ0v) is 11.4. The topological polar surface area (TPSA) is 41.5 Å². The summed E-state index contributed by atoms with van der Waals surface area (Å²) in [5, 5.41) is 5.96. The molecule has 0 aliphatic rings. The standard InChI is InChI=1S/C18H14N2O/c21-18(20-19-13-14-7-2-1-3-8-14)17-12-6-10-15-9-4-5-11-16(15)17/h1-13H,(H,20,21)/b19-13+. The molecule has 3 heteroatoms. The van der Waals surface area contributed by atoms with Gasteiger partial charge in [-0.25, -0.2) is 5.43 Å². The third kappa shape index (κ3) is 2.98. The Morgan fingerprint density at radius 2 is 1.57 bits per heavy atom. The molecule has 21 heavy (non-hydrogen) atoms. The maximum Gasteiger partial charge on any atom is 0.271 e. The Morgan fingerprint density at radius 3 is 2.43 bits per heavy atom. The zero-order chi connectivity index (χ0) is 14.5. The molecule has 0 aliphatic carbocycles. The van der Waals surface area contributed by atoms with E-state index in [1.165, 1.54) is 0 Å². The first kappa shape index (κ1) is 13.1. The lowest BCUT2D eigenvalue weighted by atomic mass is 10.0. The summed E-state index contributed by atoms with van der Waals surface area (Å²) in [4.78, 5) is 12.2. The maximum absolute atomic E-state index is 12.2. The van der Waals surface area contributed by atoms with Gasteiger partial charge in [0, 0.05) is 5.56 Å². The molecular weight excluding hydrogens is 260 g/mol. The highest BCUT2D eigenvalue weighted by atomic mass is 16.2. The first-order chi connectivity index (χ1) is 10.3. The minimum Gasteiger partial charge on any atom is -0.267 e. The maximum atomic E-state index is 12.2. The number of nitrogens with zero attached hydrogens (tertiary/aromatic N) is 1. The summed E-state index contributed by atoms with van der Waals surface area (Å²) >= 11 is 0. The molecular formula is C18H14N2O. The predicted octanol–water partition coefficient (Wildman–Crippen LogP) is 3.60. The molecule has 0 spiro atoms. The van der Waals surface area contributed by atoms with Crippen molar-refractivity contribution in [3.8, 4) is 0 Å². The van der Waals surface area contributed by atoms with Crippen LogP contribution >= 0.6 is 0 Å². The highest BCUT2D eigenvalue weighted by Gasteiger charge is 2.08. The number of fused-ring (bicyclic) bond motifs is 1. The fourth-order valence-electron chi connectivity index (χ4n) is 2.19. The Kier molecular flexibility index (Phi) is 3.74. The number of amides is 1. The number of carbonyl (C=O) groups is 1. The quantitative estimate of drug-likeness (QED) is 0.575. The smallest absolute Gasteiger partial charge is 0.267 e. The van der Waals surface area contributed by atoms with E-state index in [0.717, 1.165) is 16.3 Å². The summed E-state index contributed by atoms with van der Waals surface area (Å²) in [5.41, 5.74) is 4.13. The van der Waals surface area contributed by atoms with Crippen molar-refractivity contribution >= 4 is 22.9 Å². The Hall–Kier alpha value is -2.94. The van der Waals surface area contributed by atoms with Crippen molar-refractivity contribution in [2.75, 3.05) is 0 Å². The van der Waals surface area contributed by atoms with Crippen LogP contribution < -0.4 is 5.43 Å². The summed E-state index contributed by atoms with van der Waals surface area (Å²) in [6.07, 6.45) is 1.63. The fraction of sp³-hybridized carbons (Fsp3) is 0. The highest BCUT2D eigenvalue weighted by Crippen LogP contribution is 2.18. The van der Waals surface area contributed by atoms with Gasteiger partial charge in [0.2, 0.25) is 0 Å².